The minimum Gasteiger partial charge on any atom is -0.325 e. The van der Waals surface area contributed by atoms with Crippen molar-refractivity contribution in [2.24, 2.45) is 0 Å². The minimum atomic E-state index is -4.90. The summed E-state index contributed by atoms with van der Waals surface area (Å²) < 4.78 is 79.6. The molecule has 0 bridgehead atoms. The predicted octanol–water partition coefficient (Wildman–Crippen LogP) is 0.851. The summed E-state index contributed by atoms with van der Waals surface area (Å²) in [4.78, 5) is 2.30. The molecular formula is C15H15F4N4O2S+. The van der Waals surface area contributed by atoms with E-state index in [0.29, 0.717) is 5.82 Å². The first-order chi connectivity index (χ1) is 12.1. The molecule has 11 heteroatoms. The maximum atomic E-state index is 13.4. The van der Waals surface area contributed by atoms with Crippen LogP contribution in [0.1, 0.15) is 11.6 Å². The highest BCUT2D eigenvalue weighted by molar-refractivity contribution is 7.93. The van der Waals surface area contributed by atoms with E-state index in [1.165, 1.54) is 11.1 Å². The van der Waals surface area contributed by atoms with Gasteiger partial charge in [-0.25, -0.2) is 12.8 Å². The third kappa shape index (κ3) is 3.74. The van der Waals surface area contributed by atoms with Crippen molar-refractivity contribution < 1.29 is 30.9 Å². The molecule has 0 saturated carbocycles. The lowest BCUT2D eigenvalue weighted by Crippen LogP contribution is -3.00. The van der Waals surface area contributed by atoms with Crippen LogP contribution in [0, 0.1) is 5.82 Å². The first-order valence-corrected chi connectivity index (χ1v) is 8.90. The number of hydrogen-bond donors (Lipinski definition) is 3. The van der Waals surface area contributed by atoms with Gasteiger partial charge in [0, 0.05) is 6.20 Å². The van der Waals surface area contributed by atoms with Crippen LogP contribution in [-0.2, 0) is 10.0 Å². The molecule has 2 heterocycles. The van der Waals surface area contributed by atoms with E-state index >= 15 is 0 Å². The molecule has 3 N–H and O–H groups in total. The minimum absolute atomic E-state index is 0.413. The lowest BCUT2D eigenvalue weighted by atomic mass is 10.1. The molecule has 1 aromatic carbocycles. The summed E-state index contributed by atoms with van der Waals surface area (Å²) in [6, 6.07) is 0.943. The smallest absolute Gasteiger partial charge is 0.325 e. The summed E-state index contributed by atoms with van der Waals surface area (Å²) in [6.45, 7) is 0. The molecule has 0 aliphatic carbocycles. The fourth-order valence-corrected chi connectivity index (χ4v) is 3.65. The molecule has 0 radical (unpaired) electrons. The summed E-state index contributed by atoms with van der Waals surface area (Å²) in [7, 11) is -2.72. The fourth-order valence-electron chi connectivity index (χ4n) is 2.45. The van der Waals surface area contributed by atoms with Gasteiger partial charge in [-0.3, -0.25) is 9.80 Å². The number of rotatable bonds is 4. The Kier molecular flexibility index (Phi) is 4.54. The Morgan fingerprint density at radius 3 is 2.50 bits per heavy atom. The van der Waals surface area contributed by atoms with Crippen molar-refractivity contribution in [2.45, 2.75) is 12.2 Å². The Hall–Kier alpha value is -2.37. The third-order valence-electron chi connectivity index (χ3n) is 3.74. The molecule has 1 unspecified atom stereocenters. The summed E-state index contributed by atoms with van der Waals surface area (Å²) in [5, 5.41) is 2.16. The van der Waals surface area contributed by atoms with E-state index < -0.39 is 38.7 Å². The summed E-state index contributed by atoms with van der Waals surface area (Å²) in [5.41, 5.74) is -0.415. The van der Waals surface area contributed by atoms with Crippen LogP contribution in [0.5, 0.6) is 0 Å². The van der Waals surface area contributed by atoms with Crippen LogP contribution in [0.25, 0.3) is 0 Å². The van der Waals surface area contributed by atoms with Gasteiger partial charge in [-0.1, -0.05) is 12.1 Å². The fraction of sp³-hybridized carbons (Fsp3) is 0.200. The van der Waals surface area contributed by atoms with Crippen molar-refractivity contribution in [3.63, 3.8) is 0 Å². The Bertz CT molecular complexity index is 891. The molecule has 2 aliphatic rings. The predicted molar refractivity (Wildman–Crippen MR) is 84.4 cm³/mol. The molecule has 6 nitrogen and oxygen atoms in total. The zero-order chi connectivity index (χ0) is 19.1. The van der Waals surface area contributed by atoms with Crippen LogP contribution in [-0.4, -0.2) is 26.5 Å². The normalized spacial score (nSPS) is 21.0. The van der Waals surface area contributed by atoms with Gasteiger partial charge in [0.25, 0.3) is 10.0 Å². The highest BCUT2D eigenvalue weighted by Gasteiger charge is 2.44. The molecule has 2 aliphatic heterocycles. The Balaban J connectivity index is 1.88. The first-order valence-electron chi connectivity index (χ1n) is 7.41. The number of fused-ring (bicyclic) bond motifs is 1. The number of nitrogens with one attached hydrogen (secondary N) is 3. The standard InChI is InChI=1S/C15H14F4N4O2S/c1-22-6-7-23-9-13(20-12(23)8-22)26(24,25)21-14(15(17,18)19)10-2-4-11(16)5-3-10/h2-9,14,20-21H,1H3/p+1/t14-/m1/s1. The quantitative estimate of drug-likeness (QED) is 0.666. The van der Waals surface area contributed by atoms with E-state index in [9.17, 15) is 26.0 Å². The van der Waals surface area contributed by atoms with Crippen LogP contribution < -0.4 is 14.9 Å². The number of benzene rings is 1. The second-order valence-electron chi connectivity index (χ2n) is 5.76. The zero-order valence-corrected chi connectivity index (χ0v) is 14.2. The number of hydrogen-bond acceptors (Lipinski definition) is 4. The Labute approximate surface area is 147 Å². The average Bonchev–Trinajstić information content (AvgIpc) is 2.97. The van der Waals surface area contributed by atoms with E-state index in [4.69, 9.17) is 0 Å². The van der Waals surface area contributed by atoms with Gasteiger partial charge < -0.3 is 5.32 Å². The topological polar surface area (TPSA) is 65.9 Å². The van der Waals surface area contributed by atoms with E-state index in [2.05, 4.69) is 5.32 Å². The Morgan fingerprint density at radius 2 is 1.88 bits per heavy atom. The van der Waals surface area contributed by atoms with Crippen molar-refractivity contribution in [3.8, 4) is 0 Å². The van der Waals surface area contributed by atoms with Gasteiger partial charge in [0.2, 0.25) is 0 Å². The number of alkyl halides is 3. The van der Waals surface area contributed by atoms with Gasteiger partial charge in [-0.2, -0.15) is 17.9 Å². The molecule has 140 valence electrons. The van der Waals surface area contributed by atoms with Crippen molar-refractivity contribution in [3.05, 3.63) is 71.3 Å². The number of nitrogens with zero attached hydrogens (tertiary/aromatic N) is 1. The molecule has 0 amide bonds. The Morgan fingerprint density at radius 1 is 1.23 bits per heavy atom. The molecule has 0 aromatic heterocycles. The molecule has 0 fully saturated rings. The van der Waals surface area contributed by atoms with Gasteiger partial charge in [-0.15, -0.1) is 0 Å². The molecule has 0 saturated heterocycles. The SMILES string of the molecule is C[NH+]1C=CN2C=C(S(=O)(=O)N[C@H](c3ccc(F)cc3)C(F)(F)F)NC2=C1. The summed E-state index contributed by atoms with van der Waals surface area (Å²) in [6.07, 6.45) is 1.24. The lowest BCUT2D eigenvalue weighted by molar-refractivity contribution is -0.768. The van der Waals surface area contributed by atoms with Crippen LogP contribution in [0.15, 0.2) is 59.9 Å². The maximum absolute atomic E-state index is 13.4. The van der Waals surface area contributed by atoms with Gasteiger partial charge >= 0.3 is 6.18 Å². The third-order valence-corrected chi connectivity index (χ3v) is 5.07. The molecule has 1 aromatic rings. The van der Waals surface area contributed by atoms with E-state index in [1.54, 1.807) is 30.4 Å². The summed E-state index contributed by atoms with van der Waals surface area (Å²) >= 11 is 0. The largest absolute Gasteiger partial charge is 0.408 e. The molecule has 0 spiro atoms. The maximum Gasteiger partial charge on any atom is 0.408 e. The van der Waals surface area contributed by atoms with Crippen LogP contribution in [0.2, 0.25) is 0 Å². The monoisotopic (exact) mass is 391 g/mol. The van der Waals surface area contributed by atoms with Crippen molar-refractivity contribution >= 4 is 10.0 Å². The van der Waals surface area contributed by atoms with Gasteiger partial charge in [0.1, 0.15) is 24.3 Å². The highest BCUT2D eigenvalue weighted by atomic mass is 32.2. The number of halogens is 4. The lowest BCUT2D eigenvalue weighted by Gasteiger charge is -2.22. The first kappa shape index (κ1) is 18.4. The number of sulfonamides is 1. The van der Waals surface area contributed by atoms with E-state index in [-0.39, 0.29) is 0 Å². The molecule has 3 rings (SSSR count). The van der Waals surface area contributed by atoms with E-state index in [0.717, 1.165) is 29.2 Å². The molecule has 26 heavy (non-hydrogen) atoms. The summed E-state index contributed by atoms with van der Waals surface area (Å²) in [5.74, 6) is -0.310. The number of quaternary nitrogens is 1. The van der Waals surface area contributed by atoms with Crippen molar-refractivity contribution in [1.29, 1.82) is 0 Å². The van der Waals surface area contributed by atoms with Crippen LogP contribution in [0.3, 0.4) is 0 Å². The van der Waals surface area contributed by atoms with E-state index in [1.807, 2.05) is 0 Å². The van der Waals surface area contributed by atoms with Crippen LogP contribution in [0.4, 0.5) is 17.6 Å². The second kappa shape index (κ2) is 6.41. The van der Waals surface area contributed by atoms with Gasteiger partial charge in [-0.05, 0) is 17.7 Å². The van der Waals surface area contributed by atoms with Gasteiger partial charge in [0.15, 0.2) is 10.9 Å². The van der Waals surface area contributed by atoms with Crippen molar-refractivity contribution in [2.75, 3.05) is 7.05 Å². The van der Waals surface area contributed by atoms with Gasteiger partial charge in [0.05, 0.1) is 13.2 Å². The highest BCUT2D eigenvalue weighted by Crippen LogP contribution is 2.34. The average molecular weight is 391 g/mol. The zero-order valence-electron chi connectivity index (χ0n) is 13.4. The van der Waals surface area contributed by atoms with Crippen molar-refractivity contribution in [1.82, 2.24) is 14.9 Å². The second-order valence-corrected chi connectivity index (χ2v) is 7.44. The van der Waals surface area contributed by atoms with Crippen LogP contribution >= 0.6 is 0 Å². The molecular weight excluding hydrogens is 376 g/mol. The molecule has 2 atom stereocenters.